The molecule has 0 bridgehead atoms. The molecule has 0 unspecified atom stereocenters. The Morgan fingerprint density at radius 3 is 1.67 bits per heavy atom. The summed E-state index contributed by atoms with van der Waals surface area (Å²) in [5, 5.41) is 33.4. The predicted octanol–water partition coefficient (Wildman–Crippen LogP) is 17.9. The number of rotatable bonds is 24. The van der Waals surface area contributed by atoms with E-state index in [9.17, 15) is 24.9 Å². The monoisotopic (exact) mass is 1480 g/mol. The van der Waals surface area contributed by atoms with Crippen molar-refractivity contribution in [2.45, 2.75) is 141 Å². The number of ether oxygens (including phenoxy) is 3. The molecule has 21 heteroatoms. The van der Waals surface area contributed by atoms with Gasteiger partial charge in [0.1, 0.15) is 48.1 Å². The van der Waals surface area contributed by atoms with Crippen molar-refractivity contribution in [1.29, 1.82) is 0 Å². The maximum absolute atomic E-state index is 12.0. The molecule has 0 radical (unpaired) electrons. The highest BCUT2D eigenvalue weighted by atomic mass is 35.5. The number of hydrogen-bond donors (Lipinski definition) is 3. The largest absolute Gasteiger partial charge is 0.491 e. The van der Waals surface area contributed by atoms with Crippen molar-refractivity contribution in [2.75, 3.05) is 85.1 Å². The van der Waals surface area contributed by atoms with Crippen molar-refractivity contribution in [3.05, 3.63) is 185 Å². The number of carbonyl (C=O) groups is 2. The van der Waals surface area contributed by atoms with E-state index < -0.39 is 30.1 Å². The lowest BCUT2D eigenvalue weighted by Gasteiger charge is -2.39. The van der Waals surface area contributed by atoms with Crippen molar-refractivity contribution in [2.24, 2.45) is 17.8 Å². The van der Waals surface area contributed by atoms with Crippen LogP contribution >= 0.6 is 80.9 Å². The Kier molecular flexibility index (Phi) is 29.2. The van der Waals surface area contributed by atoms with Gasteiger partial charge in [0.2, 0.25) is 0 Å². The normalized spacial score (nSPS) is 18.8. The Labute approximate surface area is 617 Å². The van der Waals surface area contributed by atoms with Crippen molar-refractivity contribution in [3.63, 3.8) is 0 Å². The van der Waals surface area contributed by atoms with Gasteiger partial charge in [-0.1, -0.05) is 136 Å². The number of carboxylic acids is 2. The Bertz CT molecular complexity index is 3670. The predicted molar refractivity (Wildman–Crippen MR) is 405 cm³/mol. The molecule has 6 aromatic carbocycles. The second-order valence-corrected chi connectivity index (χ2v) is 30.6. The van der Waals surface area contributed by atoms with E-state index >= 15 is 0 Å². The lowest BCUT2D eigenvalue weighted by atomic mass is 9.91. The number of aromatic nitrogens is 1. The van der Waals surface area contributed by atoms with E-state index in [1.54, 1.807) is 29.5 Å². The van der Waals surface area contributed by atoms with Crippen LogP contribution in [0.15, 0.2) is 127 Å². The minimum absolute atomic E-state index is 0. The summed E-state index contributed by atoms with van der Waals surface area (Å²) < 4.78 is 19.2. The summed E-state index contributed by atoms with van der Waals surface area (Å²) in [5.74, 6) is 2.86. The van der Waals surface area contributed by atoms with E-state index in [1.165, 1.54) is 11.1 Å². The third-order valence-corrected chi connectivity index (χ3v) is 23.3. The van der Waals surface area contributed by atoms with Crippen LogP contribution in [0.5, 0.6) is 17.2 Å². The molecule has 534 valence electrons. The third-order valence-electron chi connectivity index (χ3n) is 20.2. The van der Waals surface area contributed by atoms with Gasteiger partial charge < -0.3 is 39.3 Å². The number of carboxylic acid groups (broad SMARTS) is 2. The number of piperidine rings is 5. The average Bonchev–Trinajstić information content (AvgIpc) is 1.50. The molecule has 5 aliphatic heterocycles. The van der Waals surface area contributed by atoms with Gasteiger partial charge in [0, 0.05) is 61.7 Å². The van der Waals surface area contributed by atoms with Gasteiger partial charge in [-0.25, -0.2) is 4.98 Å². The Morgan fingerprint density at radius 2 is 1.08 bits per heavy atom. The highest BCUT2D eigenvalue weighted by Gasteiger charge is 2.34. The van der Waals surface area contributed by atoms with Crippen LogP contribution in [-0.4, -0.2) is 172 Å². The second-order valence-electron chi connectivity index (χ2n) is 27.3. The smallest absolute Gasteiger partial charge is 0.321 e. The number of aliphatic carboxylic acids is 2. The van der Waals surface area contributed by atoms with Gasteiger partial charge in [-0.3, -0.25) is 24.3 Å². The van der Waals surface area contributed by atoms with Gasteiger partial charge in [-0.2, -0.15) is 0 Å². The number of aliphatic hydroxyl groups is 1. The third kappa shape index (κ3) is 23.0. The SMILES string of the molecule is Cc1c(OC2CCN(CC3CCN([C@H](Cc4ccccc4)C(=O)O)CC3)CC2)ccc(Cl)c1Cl.Cc1cccc(C[C@@H](C(=O)O)N2CCC(CN3CCC(Oc4ccc(Cl)c(Cl)c4)CC3)CC2)c1.O[C@@H](CCC1CCN(Cc2ccc(Cl)c(Cl)c2)CC1)COc1ccc2ncsc2c1.[HH].[HH].[HH]. The van der Waals surface area contributed by atoms with Gasteiger partial charge in [0.25, 0.3) is 0 Å². The highest BCUT2D eigenvalue weighted by Crippen LogP contribution is 2.36. The lowest BCUT2D eigenvalue weighted by Crippen LogP contribution is -2.48. The first kappa shape index (κ1) is 75.7. The number of aryl methyl sites for hydroxylation is 1. The van der Waals surface area contributed by atoms with Gasteiger partial charge in [0.15, 0.2) is 0 Å². The minimum Gasteiger partial charge on any atom is -0.491 e. The van der Waals surface area contributed by atoms with Crippen LogP contribution in [-0.2, 0) is 29.0 Å². The van der Waals surface area contributed by atoms with Crippen LogP contribution in [0.25, 0.3) is 10.2 Å². The van der Waals surface area contributed by atoms with Crippen LogP contribution in [0.3, 0.4) is 0 Å². The molecule has 7 aromatic rings. The van der Waals surface area contributed by atoms with Crippen molar-refractivity contribution in [3.8, 4) is 17.2 Å². The van der Waals surface area contributed by atoms with E-state index in [4.69, 9.17) is 83.8 Å². The number of fused-ring (bicyclic) bond motifs is 1. The van der Waals surface area contributed by atoms with Crippen LogP contribution in [0, 0.1) is 31.6 Å². The van der Waals surface area contributed by atoms with E-state index in [1.807, 2.05) is 116 Å². The number of hydrogen-bond acceptors (Lipinski definition) is 13. The second kappa shape index (κ2) is 37.8. The summed E-state index contributed by atoms with van der Waals surface area (Å²) >= 11 is 38.2. The van der Waals surface area contributed by atoms with E-state index in [0.29, 0.717) is 67.3 Å². The molecule has 1 aromatic heterocycles. The molecule has 3 N–H and O–H groups in total. The Morgan fingerprint density at radius 1 is 0.541 bits per heavy atom. The Balaban J connectivity index is 0.000000210. The summed E-state index contributed by atoms with van der Waals surface area (Å²) in [7, 11) is 0. The van der Waals surface area contributed by atoms with Crippen LogP contribution in [0.4, 0.5) is 0 Å². The summed E-state index contributed by atoms with van der Waals surface area (Å²) in [4.78, 5) is 40.1. The molecule has 14 nitrogen and oxygen atoms in total. The van der Waals surface area contributed by atoms with Gasteiger partial charge in [-0.15, -0.1) is 11.3 Å². The first-order chi connectivity index (χ1) is 47.3. The quantitative estimate of drug-likeness (QED) is 0.0526. The topological polar surface area (TPSA) is 152 Å². The molecule has 0 amide bonds. The Hall–Kier alpha value is -4.95. The molecule has 5 fully saturated rings. The molecule has 6 heterocycles. The molecule has 3 atom stereocenters. The molecular formula is C77H100Cl6N6O8S. The molecule has 12 rings (SSSR count). The zero-order valence-corrected chi connectivity index (χ0v) is 61.6. The zero-order chi connectivity index (χ0) is 69.1. The summed E-state index contributed by atoms with van der Waals surface area (Å²) in [6.07, 6.45) is 13.4. The maximum Gasteiger partial charge on any atom is 0.321 e. The molecule has 0 spiro atoms. The van der Waals surface area contributed by atoms with E-state index in [-0.39, 0.29) is 16.5 Å². The van der Waals surface area contributed by atoms with Gasteiger partial charge in [0.05, 0.1) is 52.0 Å². The summed E-state index contributed by atoms with van der Waals surface area (Å²) in [6, 6.07) is 38.1. The molecule has 0 aliphatic carbocycles. The number of nitrogens with zero attached hydrogens (tertiary/aromatic N) is 6. The molecule has 5 aliphatic rings. The van der Waals surface area contributed by atoms with E-state index in [0.717, 1.165) is 206 Å². The fraction of sp³-hybridized carbons (Fsp3) is 0.494. The summed E-state index contributed by atoms with van der Waals surface area (Å²) in [5.41, 5.74) is 8.27. The number of halogens is 6. The van der Waals surface area contributed by atoms with Crippen molar-refractivity contribution < 1.29 is 43.4 Å². The number of likely N-dealkylation sites (tertiary alicyclic amines) is 5. The van der Waals surface area contributed by atoms with Gasteiger partial charge in [-0.05, 0) is 232 Å². The first-order valence-electron chi connectivity index (χ1n) is 34.9. The highest BCUT2D eigenvalue weighted by molar-refractivity contribution is 7.16. The average molecular weight is 1480 g/mol. The number of benzene rings is 6. The fourth-order valence-corrected chi connectivity index (χ4v) is 16.0. The molecular weight excluding hydrogens is 1380 g/mol. The van der Waals surface area contributed by atoms with Crippen molar-refractivity contribution in [1.82, 2.24) is 29.5 Å². The lowest BCUT2D eigenvalue weighted by molar-refractivity contribution is -0.144. The molecule has 98 heavy (non-hydrogen) atoms. The number of aliphatic hydroxyl groups excluding tert-OH is 1. The van der Waals surface area contributed by atoms with Crippen LogP contribution in [0.2, 0.25) is 30.1 Å². The maximum atomic E-state index is 12.0. The minimum atomic E-state index is -0.721. The number of thiazole rings is 1. The first-order valence-corrected chi connectivity index (χ1v) is 38.0. The van der Waals surface area contributed by atoms with Crippen LogP contribution < -0.4 is 14.2 Å². The standard InChI is InChI=1S/2C27H34Cl2N2O3.C23H26Cl2N2O2S.3H2/c1-19-3-2-4-21(15-19)16-26(27(32)33)31-13-7-20(8-14-31)18-30-11-9-22(10-12-30)34-23-5-6-24(28)25(29)17-23;1-19-25(8-7-23(28)26(19)29)34-22-11-13-30(14-12-22)18-21-9-15-31(16-10-21)24(27(32)33)17-20-5-3-2-4-6-20;24-20-5-2-17(11-21(20)25)13-27-9-7-16(8-10-27)1-3-18(28)14-29-19-4-6-22-23(12-19)30-15-26-22;;;/h2-6,15,17,20,22,26H,7-14,16,18H2,1H3,(H,32,33);2-8,21-22,24H,9-18H2,1H3,(H,32,33);2,4-6,11-12,15-16,18,28H,1,3,7-10,13-14H2;3*1H/t26-;24-;18-;;;/m010.../s1. The molecule has 5 saturated heterocycles. The van der Waals surface area contributed by atoms with E-state index in [2.05, 4.69) is 35.5 Å². The van der Waals surface area contributed by atoms with Gasteiger partial charge >= 0.3 is 11.9 Å². The fourth-order valence-electron chi connectivity index (χ4n) is 14.3. The van der Waals surface area contributed by atoms with Crippen molar-refractivity contribution >= 4 is 103 Å². The molecule has 0 saturated carbocycles. The zero-order valence-electron chi connectivity index (χ0n) is 56.3. The summed E-state index contributed by atoms with van der Waals surface area (Å²) in [6.45, 7) is 17.1. The van der Waals surface area contributed by atoms with Crippen LogP contribution in [0.1, 0.15) is 109 Å².